The average molecular weight is 266 g/mol. The van der Waals surface area contributed by atoms with Gasteiger partial charge in [-0.15, -0.1) is 0 Å². The Balaban J connectivity index is 3.25. The summed E-state index contributed by atoms with van der Waals surface area (Å²) in [5.41, 5.74) is 6.36. The van der Waals surface area contributed by atoms with Gasteiger partial charge < -0.3 is 11.1 Å². The zero-order valence-corrected chi connectivity index (χ0v) is 8.15. The molecule has 4 heteroatoms. The molecule has 0 unspecified atom stereocenters. The third-order valence-corrected chi connectivity index (χ3v) is 2.17. The van der Waals surface area contributed by atoms with Gasteiger partial charge in [0.2, 0.25) is 0 Å². The summed E-state index contributed by atoms with van der Waals surface area (Å²) in [4.78, 5) is 0. The smallest absolute Gasteiger partial charge is 0.149 e. The number of rotatable bonds is 1. The lowest BCUT2D eigenvalue weighted by Gasteiger charge is -2.05. The summed E-state index contributed by atoms with van der Waals surface area (Å²) in [6.45, 7) is 0. The van der Waals surface area contributed by atoms with Crippen LogP contribution in [0.5, 0.6) is 0 Å². The van der Waals surface area contributed by atoms with Gasteiger partial charge in [0.25, 0.3) is 0 Å². The van der Waals surface area contributed by atoms with Gasteiger partial charge in [-0.2, -0.15) is 0 Å². The van der Waals surface area contributed by atoms with Gasteiger partial charge in [-0.1, -0.05) is 0 Å². The van der Waals surface area contributed by atoms with Crippen molar-refractivity contribution in [3.8, 4) is 0 Å². The van der Waals surface area contributed by atoms with E-state index in [0.29, 0.717) is 11.4 Å². The van der Waals surface area contributed by atoms with E-state index in [0.717, 1.165) is 3.57 Å². The predicted molar refractivity (Wildman–Crippen MR) is 53.1 cm³/mol. The van der Waals surface area contributed by atoms with Crippen molar-refractivity contribution in [3.63, 3.8) is 0 Å². The van der Waals surface area contributed by atoms with Gasteiger partial charge in [-0.25, -0.2) is 4.39 Å². The number of benzene rings is 1. The van der Waals surface area contributed by atoms with Crippen LogP contribution < -0.4 is 11.1 Å². The summed E-state index contributed by atoms with van der Waals surface area (Å²) >= 11 is 2.03. The van der Waals surface area contributed by atoms with Crippen molar-refractivity contribution >= 4 is 34.0 Å². The molecule has 0 saturated heterocycles. The molecular weight excluding hydrogens is 258 g/mol. The number of nitrogens with one attached hydrogen (secondary N) is 1. The molecule has 0 fully saturated rings. The fourth-order valence-corrected chi connectivity index (χ4v) is 1.72. The second kappa shape index (κ2) is 3.25. The highest BCUT2D eigenvalue weighted by molar-refractivity contribution is 14.1. The Morgan fingerprint density at radius 2 is 2.18 bits per heavy atom. The fourth-order valence-electron chi connectivity index (χ4n) is 0.832. The molecule has 0 saturated carbocycles. The van der Waals surface area contributed by atoms with Gasteiger partial charge >= 0.3 is 0 Å². The SMILES string of the molecule is CNc1c(F)cc(N)cc1I. The van der Waals surface area contributed by atoms with Gasteiger partial charge in [-0.05, 0) is 34.7 Å². The summed E-state index contributed by atoms with van der Waals surface area (Å²) in [7, 11) is 1.68. The number of hydrogen-bond donors (Lipinski definition) is 2. The highest BCUT2D eigenvalue weighted by Gasteiger charge is 2.04. The molecule has 0 amide bonds. The Bertz CT molecular complexity index is 252. The average Bonchev–Trinajstić information content (AvgIpc) is 1.85. The van der Waals surface area contributed by atoms with Crippen LogP contribution in [0, 0.1) is 9.39 Å². The molecule has 0 bridgehead atoms. The minimum atomic E-state index is -0.308. The molecule has 0 aromatic heterocycles. The molecule has 3 N–H and O–H groups in total. The molecule has 1 rings (SSSR count). The summed E-state index contributed by atoms with van der Waals surface area (Å²) in [5.74, 6) is -0.308. The Kier molecular flexibility index (Phi) is 2.53. The van der Waals surface area contributed by atoms with E-state index in [-0.39, 0.29) is 5.82 Å². The van der Waals surface area contributed by atoms with Crippen LogP contribution in [0.4, 0.5) is 15.8 Å². The highest BCUT2D eigenvalue weighted by Crippen LogP contribution is 2.23. The number of anilines is 2. The van der Waals surface area contributed by atoms with Crippen molar-refractivity contribution in [3.05, 3.63) is 21.5 Å². The molecule has 2 nitrogen and oxygen atoms in total. The molecular formula is C7H8FIN2. The van der Waals surface area contributed by atoms with E-state index in [1.807, 2.05) is 22.6 Å². The summed E-state index contributed by atoms with van der Waals surface area (Å²) in [6, 6.07) is 3.02. The maximum absolute atomic E-state index is 13.0. The molecule has 1 aromatic rings. The highest BCUT2D eigenvalue weighted by atomic mass is 127. The molecule has 0 aliphatic heterocycles. The van der Waals surface area contributed by atoms with Crippen LogP contribution in [0.3, 0.4) is 0 Å². The van der Waals surface area contributed by atoms with Crippen LogP contribution >= 0.6 is 22.6 Å². The molecule has 0 atom stereocenters. The van der Waals surface area contributed by atoms with Crippen molar-refractivity contribution in [2.45, 2.75) is 0 Å². The minimum Gasteiger partial charge on any atom is -0.399 e. The van der Waals surface area contributed by atoms with Crippen molar-refractivity contribution in [1.29, 1.82) is 0 Å². The van der Waals surface area contributed by atoms with Crippen LogP contribution in [0.15, 0.2) is 12.1 Å². The van der Waals surface area contributed by atoms with Crippen LogP contribution in [0.25, 0.3) is 0 Å². The van der Waals surface area contributed by atoms with Gasteiger partial charge in [0, 0.05) is 16.3 Å². The molecule has 1 aromatic carbocycles. The largest absolute Gasteiger partial charge is 0.399 e. The van der Waals surface area contributed by atoms with E-state index in [4.69, 9.17) is 5.73 Å². The van der Waals surface area contributed by atoms with Crippen molar-refractivity contribution in [2.75, 3.05) is 18.1 Å². The monoisotopic (exact) mass is 266 g/mol. The third-order valence-electron chi connectivity index (χ3n) is 1.31. The first kappa shape index (κ1) is 8.58. The second-order valence-corrected chi connectivity index (χ2v) is 3.27. The first-order chi connectivity index (χ1) is 5.15. The molecule has 0 aliphatic rings. The Morgan fingerprint density at radius 1 is 1.55 bits per heavy atom. The van der Waals surface area contributed by atoms with Crippen LogP contribution in [-0.4, -0.2) is 7.05 Å². The van der Waals surface area contributed by atoms with Crippen LogP contribution in [-0.2, 0) is 0 Å². The van der Waals surface area contributed by atoms with Gasteiger partial charge in [0.1, 0.15) is 5.82 Å². The summed E-state index contributed by atoms with van der Waals surface area (Å²) in [5, 5.41) is 2.75. The molecule has 60 valence electrons. The van der Waals surface area contributed by atoms with Crippen molar-refractivity contribution < 1.29 is 4.39 Å². The lowest BCUT2D eigenvalue weighted by atomic mass is 10.3. The number of nitrogen functional groups attached to an aromatic ring is 1. The molecule has 0 aliphatic carbocycles. The summed E-state index contributed by atoms with van der Waals surface area (Å²) < 4.78 is 13.8. The fraction of sp³-hybridized carbons (Fsp3) is 0.143. The van der Waals surface area contributed by atoms with E-state index in [1.54, 1.807) is 13.1 Å². The van der Waals surface area contributed by atoms with Gasteiger partial charge in [0.15, 0.2) is 0 Å². The minimum absolute atomic E-state index is 0.308. The summed E-state index contributed by atoms with van der Waals surface area (Å²) in [6.07, 6.45) is 0. The maximum atomic E-state index is 13.0. The van der Waals surface area contributed by atoms with E-state index < -0.39 is 0 Å². The predicted octanol–water partition coefficient (Wildman–Crippen LogP) is 2.05. The molecule has 0 spiro atoms. The molecule has 0 heterocycles. The normalized spacial score (nSPS) is 9.73. The van der Waals surface area contributed by atoms with Gasteiger partial charge in [0.05, 0.1) is 5.69 Å². The van der Waals surface area contributed by atoms with Crippen molar-refractivity contribution in [2.24, 2.45) is 0 Å². The topological polar surface area (TPSA) is 38.0 Å². The lowest BCUT2D eigenvalue weighted by molar-refractivity contribution is 0.631. The lowest BCUT2D eigenvalue weighted by Crippen LogP contribution is -1.97. The number of nitrogens with two attached hydrogens (primary N) is 1. The Morgan fingerprint density at radius 3 is 2.64 bits per heavy atom. The second-order valence-electron chi connectivity index (χ2n) is 2.11. The zero-order chi connectivity index (χ0) is 8.43. The van der Waals surface area contributed by atoms with Gasteiger partial charge in [-0.3, -0.25) is 0 Å². The zero-order valence-electron chi connectivity index (χ0n) is 5.99. The Labute approximate surface area is 78.1 Å². The quantitative estimate of drug-likeness (QED) is 0.603. The first-order valence-corrected chi connectivity index (χ1v) is 4.15. The maximum Gasteiger partial charge on any atom is 0.149 e. The van der Waals surface area contributed by atoms with Crippen molar-refractivity contribution in [1.82, 2.24) is 0 Å². The number of halogens is 2. The molecule has 11 heavy (non-hydrogen) atoms. The first-order valence-electron chi connectivity index (χ1n) is 3.07. The van der Waals surface area contributed by atoms with E-state index in [1.165, 1.54) is 6.07 Å². The van der Waals surface area contributed by atoms with Crippen LogP contribution in [0.2, 0.25) is 0 Å². The van der Waals surface area contributed by atoms with E-state index in [9.17, 15) is 4.39 Å². The van der Waals surface area contributed by atoms with E-state index >= 15 is 0 Å². The standard InChI is InChI=1S/C7H8FIN2/c1-11-7-5(8)2-4(10)3-6(7)9/h2-3,11H,10H2,1H3. The van der Waals surface area contributed by atoms with Crippen LogP contribution in [0.1, 0.15) is 0 Å². The van der Waals surface area contributed by atoms with E-state index in [2.05, 4.69) is 5.32 Å². The Hall–Kier alpha value is -0.520. The number of hydrogen-bond acceptors (Lipinski definition) is 2. The molecule has 0 radical (unpaired) electrons. The third kappa shape index (κ3) is 1.74.